The van der Waals surface area contributed by atoms with Crippen LogP contribution in [-0.4, -0.2) is 29.5 Å². The van der Waals surface area contributed by atoms with E-state index in [1.165, 1.54) is 31.3 Å². The fraction of sp³-hybridized carbons (Fsp3) is 0.125. The zero-order chi connectivity index (χ0) is 41.8. The minimum absolute atomic E-state index is 0.722. The molecule has 0 atom stereocenters. The monoisotopic (exact) mass is 846 g/mol. The summed E-state index contributed by atoms with van der Waals surface area (Å²) in [6, 6.07) is 32.0. The zero-order valence-corrected chi connectivity index (χ0v) is 36.4. The van der Waals surface area contributed by atoms with Gasteiger partial charge in [-0.15, -0.1) is 22.7 Å². The fourth-order valence-electron chi connectivity index (χ4n) is 5.99. The maximum absolute atomic E-state index is 5.19. The molecule has 12 heteroatoms. The third kappa shape index (κ3) is 10.2. The first-order chi connectivity index (χ1) is 29.3. The van der Waals surface area contributed by atoms with Crippen LogP contribution in [0.4, 0.5) is 0 Å². The van der Waals surface area contributed by atoms with Gasteiger partial charge in [-0.3, -0.25) is 9.97 Å². The van der Waals surface area contributed by atoms with Gasteiger partial charge in [-0.1, -0.05) is 41.6 Å². The van der Waals surface area contributed by atoms with Crippen LogP contribution < -0.4 is 0 Å². The van der Waals surface area contributed by atoms with Crippen LogP contribution in [0.1, 0.15) is 33.6 Å². The minimum atomic E-state index is 0.722. The second-order valence-corrected chi connectivity index (χ2v) is 16.2. The molecule has 10 heterocycles. The largest absolute Gasteiger partial charge is 0.462 e. The van der Waals surface area contributed by atoms with Crippen LogP contribution >= 0.6 is 34.2 Å². The first kappa shape index (κ1) is 41.6. The van der Waals surface area contributed by atoms with Crippen LogP contribution in [0.3, 0.4) is 0 Å². The summed E-state index contributed by atoms with van der Waals surface area (Å²) in [4.78, 5) is 17.8. The van der Waals surface area contributed by atoms with Crippen molar-refractivity contribution in [3.05, 3.63) is 179 Å². The number of furan rings is 2. The average Bonchev–Trinajstić information content (AvgIpc) is 4.18. The summed E-state index contributed by atoms with van der Waals surface area (Å²) >= 11 is 5.02. The van der Waals surface area contributed by atoms with Crippen molar-refractivity contribution in [3.8, 4) is 0 Å². The lowest BCUT2D eigenvalue weighted by atomic mass is 10.2. The highest BCUT2D eigenvalue weighted by atomic mass is 32.1. The molecule has 0 fully saturated rings. The Bertz CT molecular complexity index is 2670. The molecule has 300 valence electrons. The first-order valence-electron chi connectivity index (χ1n) is 19.0. The van der Waals surface area contributed by atoms with Crippen molar-refractivity contribution >= 4 is 97.9 Å². The predicted molar refractivity (Wildman–Crippen MR) is 249 cm³/mol. The number of para-hydroxylation sites is 1. The van der Waals surface area contributed by atoms with Crippen molar-refractivity contribution in [3.63, 3.8) is 0 Å². The number of aryl methyl sites for hydroxylation is 6. The molecule has 0 radical (unpaired) electrons. The molecule has 0 bridgehead atoms. The zero-order valence-electron chi connectivity index (χ0n) is 34.0. The van der Waals surface area contributed by atoms with Crippen LogP contribution in [-0.2, 0) is 0 Å². The van der Waals surface area contributed by atoms with E-state index in [0.717, 1.165) is 66.0 Å². The summed E-state index contributed by atoms with van der Waals surface area (Å²) in [5, 5.41) is 12.9. The average molecular weight is 847 g/mol. The van der Waals surface area contributed by atoms with Crippen LogP contribution in [0.15, 0.2) is 158 Å². The first-order valence-corrected chi connectivity index (χ1v) is 21.6. The van der Waals surface area contributed by atoms with Crippen molar-refractivity contribution in [1.82, 2.24) is 29.5 Å². The normalized spacial score (nSPS) is 10.5. The lowest BCUT2D eigenvalue weighted by Gasteiger charge is -1.86. The Kier molecular flexibility index (Phi) is 13.8. The number of fused-ring (bicyclic) bond motifs is 6. The standard InChI is InChI=1S/3C8H7NO.3C8H7NS/c1-6-5-10-7-3-2-4-9-8(6)7;1-6-5-10-8-7(6)3-2-4-9-8;1-6-7-4-2-3-5-8(7)10-9-6;1-6-5-10-7-3-2-4-9-8(6)7;1-6-5-10-8-7(6)3-2-4-9-8;1-6-7-4-2-3-5-8(7)10-9-6/h6*2-5H,1H3. The lowest BCUT2D eigenvalue weighted by Crippen LogP contribution is -1.71. The van der Waals surface area contributed by atoms with Gasteiger partial charge in [0.05, 0.1) is 38.8 Å². The van der Waals surface area contributed by atoms with Crippen molar-refractivity contribution in [1.29, 1.82) is 0 Å². The predicted octanol–water partition coefficient (Wildman–Crippen LogP) is 14.2. The van der Waals surface area contributed by atoms with Gasteiger partial charge in [-0.25, -0.2) is 9.97 Å². The third-order valence-corrected chi connectivity index (χ3v) is 12.2. The molecule has 0 amide bonds. The van der Waals surface area contributed by atoms with Crippen molar-refractivity contribution in [2.75, 3.05) is 0 Å². The van der Waals surface area contributed by atoms with Gasteiger partial charge >= 0.3 is 0 Å². The molecule has 10 aromatic heterocycles. The number of nitrogens with zero attached hydrogens (tertiary/aromatic N) is 6. The molecular weight excluding hydrogens is 805 g/mol. The van der Waals surface area contributed by atoms with Crippen LogP contribution in [0.5, 0.6) is 0 Å². The number of benzene rings is 2. The number of hydrogen-bond acceptors (Lipinski definition) is 12. The van der Waals surface area contributed by atoms with E-state index < -0.39 is 0 Å². The van der Waals surface area contributed by atoms with Crippen LogP contribution in [0.2, 0.25) is 0 Å². The van der Waals surface area contributed by atoms with Crippen LogP contribution in [0, 0.1) is 41.5 Å². The number of hydrogen-bond donors (Lipinski definition) is 0. The van der Waals surface area contributed by atoms with Crippen molar-refractivity contribution in [2.24, 2.45) is 0 Å². The number of thiophene rings is 2. The Balaban J connectivity index is 0.000000109. The molecule has 0 saturated carbocycles. The highest BCUT2D eigenvalue weighted by molar-refractivity contribution is 7.17. The number of aromatic nitrogens is 6. The molecular formula is C48H42N6O3S3. The van der Waals surface area contributed by atoms with E-state index in [4.69, 9.17) is 13.4 Å². The quantitative estimate of drug-likeness (QED) is 0.147. The topological polar surface area (TPSA) is 117 Å². The maximum atomic E-state index is 5.19. The van der Waals surface area contributed by atoms with E-state index in [0.29, 0.717) is 0 Å². The Morgan fingerprint density at radius 2 is 1.07 bits per heavy atom. The van der Waals surface area contributed by atoms with E-state index in [1.54, 1.807) is 59.1 Å². The summed E-state index contributed by atoms with van der Waals surface area (Å²) < 4.78 is 22.1. The van der Waals surface area contributed by atoms with Gasteiger partial charge in [0.15, 0.2) is 11.2 Å². The summed E-state index contributed by atoms with van der Waals surface area (Å²) in [7, 11) is 0. The van der Waals surface area contributed by atoms with Crippen LogP contribution in [0.25, 0.3) is 63.7 Å². The van der Waals surface area contributed by atoms with Crippen molar-refractivity contribution in [2.45, 2.75) is 41.5 Å². The maximum Gasteiger partial charge on any atom is 0.226 e. The molecule has 0 saturated heterocycles. The SMILES string of the molecule is Cc1coc2cccnc12.Cc1coc2ncccc12.Cc1csc2cccnc12.Cc1csc2ncccc12.Cc1noc2ccccc12.Cc1nsc2ccccc12. The molecule has 0 aliphatic rings. The number of pyridine rings is 4. The molecule has 2 aromatic carbocycles. The smallest absolute Gasteiger partial charge is 0.226 e. The highest BCUT2D eigenvalue weighted by Crippen LogP contribution is 2.24. The Labute approximate surface area is 359 Å². The summed E-state index contributed by atoms with van der Waals surface area (Å²) in [5.41, 5.74) is 11.5. The molecule has 0 spiro atoms. The molecule has 12 rings (SSSR count). The number of rotatable bonds is 0. The van der Waals surface area contributed by atoms with Crippen molar-refractivity contribution < 1.29 is 13.4 Å². The third-order valence-electron chi connectivity index (χ3n) is 9.22. The van der Waals surface area contributed by atoms with Gasteiger partial charge in [0.2, 0.25) is 5.71 Å². The van der Waals surface area contributed by atoms with E-state index in [-0.39, 0.29) is 0 Å². The molecule has 0 unspecified atom stereocenters. The molecule has 0 N–H and O–H groups in total. The molecule has 9 nitrogen and oxygen atoms in total. The summed E-state index contributed by atoms with van der Waals surface area (Å²) in [5.74, 6) is 0. The van der Waals surface area contributed by atoms with Gasteiger partial charge in [0.25, 0.3) is 0 Å². The second kappa shape index (κ2) is 19.9. The molecule has 0 aliphatic carbocycles. The molecule has 12 aromatic rings. The Morgan fingerprint density at radius 3 is 1.82 bits per heavy atom. The molecule has 0 aliphatic heterocycles. The second-order valence-electron chi connectivity index (χ2n) is 13.6. The van der Waals surface area contributed by atoms with Gasteiger partial charge in [0, 0.05) is 51.9 Å². The minimum Gasteiger partial charge on any atom is -0.462 e. The van der Waals surface area contributed by atoms with E-state index in [1.807, 2.05) is 113 Å². The van der Waals surface area contributed by atoms with Gasteiger partial charge < -0.3 is 13.4 Å². The summed E-state index contributed by atoms with van der Waals surface area (Å²) in [6.07, 6.45) is 10.6. The van der Waals surface area contributed by atoms with E-state index in [9.17, 15) is 0 Å². The summed E-state index contributed by atoms with van der Waals surface area (Å²) in [6.45, 7) is 12.2. The van der Waals surface area contributed by atoms with Gasteiger partial charge in [-0.05, 0) is 141 Å². The Hall–Kier alpha value is -6.60. The van der Waals surface area contributed by atoms with Gasteiger partial charge in [-0.2, -0.15) is 4.37 Å². The molecule has 60 heavy (non-hydrogen) atoms. The Morgan fingerprint density at radius 1 is 0.450 bits per heavy atom. The van der Waals surface area contributed by atoms with E-state index in [2.05, 4.69) is 78.3 Å². The van der Waals surface area contributed by atoms with E-state index >= 15 is 0 Å². The highest BCUT2D eigenvalue weighted by Gasteiger charge is 2.02. The fourth-order valence-corrected chi connectivity index (χ4v) is 8.57. The lowest BCUT2D eigenvalue weighted by molar-refractivity contribution is 0.450. The van der Waals surface area contributed by atoms with Gasteiger partial charge in [0.1, 0.15) is 10.3 Å².